The Balaban J connectivity index is 1.98. The Labute approximate surface area is 183 Å². The van der Waals surface area contributed by atoms with E-state index in [0.717, 1.165) is 31.6 Å². The minimum absolute atomic E-state index is 0.101. The van der Waals surface area contributed by atoms with Gasteiger partial charge in [0.2, 0.25) is 0 Å². The molecular formula is C24H29N3O4. The first-order chi connectivity index (χ1) is 15.0. The molecule has 2 aromatic rings. The van der Waals surface area contributed by atoms with Crippen LogP contribution in [0.15, 0.2) is 54.4 Å². The summed E-state index contributed by atoms with van der Waals surface area (Å²) in [6.45, 7) is 7.31. The number of nitrogens with zero attached hydrogens (tertiary/aromatic N) is 3. The molecule has 1 atom stereocenters. The number of aliphatic hydroxyl groups excluding tert-OH is 1. The van der Waals surface area contributed by atoms with Crippen LogP contribution in [0.2, 0.25) is 0 Å². The number of aliphatic hydroxyl groups is 1. The van der Waals surface area contributed by atoms with E-state index in [9.17, 15) is 14.7 Å². The molecule has 3 rings (SSSR count). The Morgan fingerprint density at radius 2 is 1.74 bits per heavy atom. The lowest BCUT2D eigenvalue weighted by Crippen LogP contribution is -2.33. The number of rotatable bonds is 9. The summed E-state index contributed by atoms with van der Waals surface area (Å²) in [5.41, 5.74) is 1.30. The third kappa shape index (κ3) is 4.77. The summed E-state index contributed by atoms with van der Waals surface area (Å²) in [6.07, 6.45) is 3.98. The van der Waals surface area contributed by atoms with Crippen LogP contribution in [-0.4, -0.2) is 64.9 Å². The Morgan fingerprint density at radius 3 is 2.32 bits per heavy atom. The molecule has 1 aliphatic heterocycles. The number of hydrogen-bond acceptors (Lipinski definition) is 6. The van der Waals surface area contributed by atoms with Crippen molar-refractivity contribution in [2.24, 2.45) is 0 Å². The quantitative estimate of drug-likeness (QED) is 0.379. The molecule has 2 heterocycles. The number of carbonyl (C=O) groups excluding carboxylic acids is 2. The number of likely N-dealkylation sites (tertiary alicyclic amines) is 1. The van der Waals surface area contributed by atoms with E-state index in [1.807, 2.05) is 0 Å². The molecule has 1 aromatic heterocycles. The van der Waals surface area contributed by atoms with Crippen molar-refractivity contribution in [1.82, 2.24) is 14.8 Å². The van der Waals surface area contributed by atoms with Crippen LogP contribution in [0.3, 0.4) is 0 Å². The number of pyridine rings is 1. The van der Waals surface area contributed by atoms with Gasteiger partial charge in [0.15, 0.2) is 0 Å². The van der Waals surface area contributed by atoms with Crippen molar-refractivity contribution in [3.05, 3.63) is 65.5 Å². The fourth-order valence-electron chi connectivity index (χ4n) is 3.91. The van der Waals surface area contributed by atoms with Gasteiger partial charge in [-0.05, 0) is 68.0 Å². The number of Topliss-reactive ketones (excluding diaryl/α,β-unsaturated/α-hetero) is 1. The summed E-state index contributed by atoms with van der Waals surface area (Å²) in [5, 5.41) is 11.0. The normalized spacial score (nSPS) is 18.1. The second-order valence-corrected chi connectivity index (χ2v) is 7.38. The number of aromatic nitrogens is 1. The van der Waals surface area contributed by atoms with Crippen molar-refractivity contribution >= 4 is 17.4 Å². The lowest BCUT2D eigenvalue weighted by Gasteiger charge is -2.26. The predicted octanol–water partition coefficient (Wildman–Crippen LogP) is 3.24. The van der Waals surface area contributed by atoms with E-state index in [4.69, 9.17) is 4.74 Å². The highest BCUT2D eigenvalue weighted by Crippen LogP contribution is 2.39. The van der Waals surface area contributed by atoms with Crippen molar-refractivity contribution in [2.45, 2.75) is 26.3 Å². The van der Waals surface area contributed by atoms with Crippen molar-refractivity contribution in [1.29, 1.82) is 0 Å². The lowest BCUT2D eigenvalue weighted by atomic mass is 9.96. The van der Waals surface area contributed by atoms with Gasteiger partial charge in [-0.15, -0.1) is 0 Å². The average molecular weight is 424 g/mol. The fraction of sp³-hybridized carbons (Fsp3) is 0.375. The Bertz CT molecular complexity index is 937. The molecular weight excluding hydrogens is 394 g/mol. The molecule has 0 saturated carbocycles. The zero-order chi connectivity index (χ0) is 22.4. The van der Waals surface area contributed by atoms with Gasteiger partial charge in [-0.25, -0.2) is 0 Å². The van der Waals surface area contributed by atoms with Crippen LogP contribution in [0.1, 0.15) is 37.4 Å². The summed E-state index contributed by atoms with van der Waals surface area (Å²) in [5.74, 6) is -0.803. The maximum atomic E-state index is 13.0. The first-order valence-electron chi connectivity index (χ1n) is 10.6. The van der Waals surface area contributed by atoms with Crippen molar-refractivity contribution in [2.75, 3.05) is 33.3 Å². The molecule has 7 heteroatoms. The van der Waals surface area contributed by atoms with E-state index in [0.29, 0.717) is 17.9 Å². The van der Waals surface area contributed by atoms with Crippen LogP contribution < -0.4 is 4.74 Å². The van der Waals surface area contributed by atoms with E-state index < -0.39 is 17.7 Å². The number of benzene rings is 1. The minimum Gasteiger partial charge on any atom is -0.507 e. The van der Waals surface area contributed by atoms with E-state index in [1.165, 1.54) is 0 Å². The molecule has 31 heavy (non-hydrogen) atoms. The molecule has 1 saturated heterocycles. The van der Waals surface area contributed by atoms with Crippen LogP contribution >= 0.6 is 0 Å². The van der Waals surface area contributed by atoms with E-state index in [-0.39, 0.29) is 11.3 Å². The van der Waals surface area contributed by atoms with E-state index in [1.54, 1.807) is 60.8 Å². The first-order valence-corrected chi connectivity index (χ1v) is 10.6. The van der Waals surface area contributed by atoms with Crippen LogP contribution in [-0.2, 0) is 9.59 Å². The van der Waals surface area contributed by atoms with Crippen LogP contribution in [0.5, 0.6) is 5.75 Å². The third-order valence-electron chi connectivity index (χ3n) is 5.69. The zero-order valence-electron chi connectivity index (χ0n) is 18.2. The number of amides is 1. The SMILES string of the molecule is CCN(CC)CCCN1C(=O)C(=O)/C(=C(/O)c2ccc(OC)cc2)[C@H]1c1ccncc1. The molecule has 0 unspecified atom stereocenters. The largest absolute Gasteiger partial charge is 0.507 e. The molecule has 0 aliphatic carbocycles. The minimum atomic E-state index is -0.669. The Morgan fingerprint density at radius 1 is 1.10 bits per heavy atom. The maximum absolute atomic E-state index is 13.0. The number of ether oxygens (including phenoxy) is 1. The molecule has 1 N–H and O–H groups in total. The summed E-state index contributed by atoms with van der Waals surface area (Å²) in [7, 11) is 1.56. The highest BCUT2D eigenvalue weighted by Gasteiger charge is 2.45. The highest BCUT2D eigenvalue weighted by atomic mass is 16.5. The molecule has 164 valence electrons. The molecule has 0 spiro atoms. The molecule has 0 bridgehead atoms. The fourth-order valence-corrected chi connectivity index (χ4v) is 3.91. The van der Waals surface area contributed by atoms with Crippen LogP contribution in [0, 0.1) is 0 Å². The van der Waals surface area contributed by atoms with Crippen LogP contribution in [0.4, 0.5) is 0 Å². The summed E-state index contributed by atoms with van der Waals surface area (Å²) in [6, 6.07) is 9.65. The first kappa shape index (κ1) is 22.5. The molecule has 1 amide bonds. The molecule has 1 fully saturated rings. The molecule has 1 aromatic carbocycles. The van der Waals surface area contributed by atoms with Gasteiger partial charge in [-0.2, -0.15) is 0 Å². The smallest absolute Gasteiger partial charge is 0.295 e. The third-order valence-corrected chi connectivity index (χ3v) is 5.69. The van der Waals surface area contributed by atoms with Crippen molar-refractivity contribution < 1.29 is 19.4 Å². The monoisotopic (exact) mass is 423 g/mol. The number of hydrogen-bond donors (Lipinski definition) is 1. The van der Waals surface area contributed by atoms with Gasteiger partial charge >= 0.3 is 0 Å². The lowest BCUT2D eigenvalue weighted by molar-refractivity contribution is -0.140. The maximum Gasteiger partial charge on any atom is 0.295 e. The van der Waals surface area contributed by atoms with Gasteiger partial charge < -0.3 is 19.6 Å². The molecule has 7 nitrogen and oxygen atoms in total. The highest BCUT2D eigenvalue weighted by molar-refractivity contribution is 6.46. The van der Waals surface area contributed by atoms with Crippen molar-refractivity contribution in [3.8, 4) is 5.75 Å². The standard InChI is InChI=1S/C24H29N3O4/c1-4-26(5-2)15-6-16-27-21(17-11-13-25-14-12-17)20(23(29)24(27)30)22(28)18-7-9-19(31-3)10-8-18/h7-14,21,28H,4-6,15-16H2,1-3H3/b22-20+/t21-/m1/s1. The number of methoxy groups -OCH3 is 1. The Kier molecular flexibility index (Phi) is 7.41. The second kappa shape index (κ2) is 10.2. The van der Waals surface area contributed by atoms with Gasteiger partial charge in [-0.3, -0.25) is 14.6 Å². The van der Waals surface area contributed by atoms with Gasteiger partial charge in [0.05, 0.1) is 18.7 Å². The van der Waals surface area contributed by atoms with E-state index in [2.05, 4.69) is 23.7 Å². The van der Waals surface area contributed by atoms with E-state index >= 15 is 0 Å². The van der Waals surface area contributed by atoms with Crippen molar-refractivity contribution in [3.63, 3.8) is 0 Å². The topological polar surface area (TPSA) is 83.0 Å². The number of carbonyl (C=O) groups is 2. The summed E-state index contributed by atoms with van der Waals surface area (Å²) >= 11 is 0. The second-order valence-electron chi connectivity index (χ2n) is 7.38. The summed E-state index contributed by atoms with van der Waals surface area (Å²) in [4.78, 5) is 33.8. The predicted molar refractivity (Wildman–Crippen MR) is 119 cm³/mol. The van der Waals surface area contributed by atoms with Crippen LogP contribution in [0.25, 0.3) is 5.76 Å². The average Bonchev–Trinajstić information content (AvgIpc) is 3.07. The number of ketones is 1. The van der Waals surface area contributed by atoms with Gasteiger partial charge in [-0.1, -0.05) is 13.8 Å². The van der Waals surface area contributed by atoms with Gasteiger partial charge in [0.25, 0.3) is 11.7 Å². The van der Waals surface area contributed by atoms with Gasteiger partial charge in [0, 0.05) is 24.5 Å². The molecule has 1 aliphatic rings. The zero-order valence-corrected chi connectivity index (χ0v) is 18.2. The van der Waals surface area contributed by atoms with Gasteiger partial charge in [0.1, 0.15) is 11.5 Å². The molecule has 0 radical (unpaired) electrons. The Hall–Kier alpha value is -3.19. The summed E-state index contributed by atoms with van der Waals surface area (Å²) < 4.78 is 5.16.